The van der Waals surface area contributed by atoms with Gasteiger partial charge >= 0.3 is 0 Å². The maximum Gasteiger partial charge on any atom is 0.137 e. The van der Waals surface area contributed by atoms with E-state index in [0.717, 1.165) is 24.2 Å². The summed E-state index contributed by atoms with van der Waals surface area (Å²) in [6.07, 6.45) is 8.25. The Hall–Kier alpha value is -1.39. The Labute approximate surface area is 119 Å². The lowest BCUT2D eigenvalue weighted by Crippen LogP contribution is -2.51. The van der Waals surface area contributed by atoms with Crippen LogP contribution < -0.4 is 5.32 Å². The number of hydrogen-bond donors (Lipinski definition) is 1. The van der Waals surface area contributed by atoms with Crippen molar-refractivity contribution in [2.75, 3.05) is 19.6 Å². The van der Waals surface area contributed by atoms with E-state index in [2.05, 4.69) is 39.1 Å². The molecule has 0 aromatic carbocycles. The normalized spacial score (nSPS) is 27.6. The summed E-state index contributed by atoms with van der Waals surface area (Å²) in [7, 11) is 0. The molecule has 0 amide bonds. The van der Waals surface area contributed by atoms with Crippen LogP contribution in [0, 0.1) is 5.92 Å². The van der Waals surface area contributed by atoms with Crippen LogP contribution in [0.4, 0.5) is 0 Å². The number of rotatable bonds is 2. The standard InChI is InChI=1S/C16H22N4/c1-2-8-20-12-14(18-16(20)5-1)11-19-9-6-15-13(10-19)4-3-7-17-15/h1-2,5,8,12-13,15,17H,3-4,6-7,9-11H2. The van der Waals surface area contributed by atoms with Crippen LogP contribution in [0.3, 0.4) is 0 Å². The van der Waals surface area contributed by atoms with E-state index in [0.29, 0.717) is 0 Å². The summed E-state index contributed by atoms with van der Waals surface area (Å²) in [5, 5.41) is 3.68. The number of aromatic nitrogens is 2. The van der Waals surface area contributed by atoms with Gasteiger partial charge in [-0.1, -0.05) is 6.07 Å². The SMILES string of the molecule is c1ccn2cc(CN3CCC4NCCCC4C3)nc2c1. The van der Waals surface area contributed by atoms with Crippen LogP contribution in [0.2, 0.25) is 0 Å². The first-order chi connectivity index (χ1) is 9.88. The molecule has 4 rings (SSSR count). The van der Waals surface area contributed by atoms with Crippen LogP contribution in [-0.4, -0.2) is 40.0 Å². The summed E-state index contributed by atoms with van der Waals surface area (Å²) in [4.78, 5) is 7.30. The molecule has 0 saturated carbocycles. The first-order valence-electron chi connectivity index (χ1n) is 7.77. The maximum atomic E-state index is 4.72. The summed E-state index contributed by atoms with van der Waals surface area (Å²) in [5.41, 5.74) is 2.25. The molecule has 2 atom stereocenters. The molecule has 20 heavy (non-hydrogen) atoms. The van der Waals surface area contributed by atoms with Gasteiger partial charge in [0.2, 0.25) is 0 Å². The van der Waals surface area contributed by atoms with Crippen molar-refractivity contribution >= 4 is 5.65 Å². The Morgan fingerprint density at radius 3 is 3.25 bits per heavy atom. The fourth-order valence-corrected chi connectivity index (χ4v) is 3.76. The second-order valence-electron chi connectivity index (χ2n) is 6.19. The number of fused-ring (bicyclic) bond motifs is 2. The van der Waals surface area contributed by atoms with Gasteiger partial charge in [0, 0.05) is 38.1 Å². The van der Waals surface area contributed by atoms with Crippen molar-refractivity contribution in [1.82, 2.24) is 19.6 Å². The summed E-state index contributed by atoms with van der Waals surface area (Å²) in [5.74, 6) is 0.842. The molecule has 4 heteroatoms. The van der Waals surface area contributed by atoms with Gasteiger partial charge in [-0.2, -0.15) is 0 Å². The van der Waals surface area contributed by atoms with E-state index < -0.39 is 0 Å². The second-order valence-corrected chi connectivity index (χ2v) is 6.19. The topological polar surface area (TPSA) is 32.6 Å². The fourth-order valence-electron chi connectivity index (χ4n) is 3.76. The zero-order chi connectivity index (χ0) is 13.4. The van der Waals surface area contributed by atoms with Gasteiger partial charge in [-0.15, -0.1) is 0 Å². The van der Waals surface area contributed by atoms with Crippen molar-refractivity contribution in [3.8, 4) is 0 Å². The Balaban J connectivity index is 1.46. The molecule has 0 aliphatic carbocycles. The maximum absolute atomic E-state index is 4.72. The minimum absolute atomic E-state index is 0.765. The van der Waals surface area contributed by atoms with Gasteiger partial charge in [-0.05, 0) is 43.9 Å². The average Bonchev–Trinajstić information content (AvgIpc) is 2.89. The molecule has 4 heterocycles. The molecule has 0 radical (unpaired) electrons. The lowest BCUT2D eigenvalue weighted by molar-refractivity contribution is 0.108. The Morgan fingerprint density at radius 2 is 2.30 bits per heavy atom. The van der Waals surface area contributed by atoms with Gasteiger partial charge in [0.1, 0.15) is 5.65 Å². The molecule has 2 fully saturated rings. The lowest BCUT2D eigenvalue weighted by atomic mass is 9.85. The monoisotopic (exact) mass is 270 g/mol. The van der Waals surface area contributed by atoms with Crippen LogP contribution >= 0.6 is 0 Å². The molecule has 0 bridgehead atoms. The quantitative estimate of drug-likeness (QED) is 0.905. The number of piperidine rings is 2. The van der Waals surface area contributed by atoms with Gasteiger partial charge in [0.05, 0.1) is 5.69 Å². The third-order valence-corrected chi connectivity index (χ3v) is 4.78. The van der Waals surface area contributed by atoms with Gasteiger partial charge in [0.15, 0.2) is 0 Å². The highest BCUT2D eigenvalue weighted by atomic mass is 15.2. The highest BCUT2D eigenvalue weighted by Crippen LogP contribution is 2.25. The summed E-state index contributed by atoms with van der Waals surface area (Å²) in [6.45, 7) is 4.63. The molecule has 2 saturated heterocycles. The number of hydrogen-bond acceptors (Lipinski definition) is 3. The fraction of sp³-hybridized carbons (Fsp3) is 0.562. The average molecular weight is 270 g/mol. The molecule has 1 N–H and O–H groups in total. The van der Waals surface area contributed by atoms with Crippen molar-refractivity contribution in [3.05, 3.63) is 36.3 Å². The highest BCUT2D eigenvalue weighted by molar-refractivity contribution is 5.39. The third-order valence-electron chi connectivity index (χ3n) is 4.78. The first-order valence-corrected chi connectivity index (χ1v) is 7.77. The molecule has 2 aliphatic rings. The Morgan fingerprint density at radius 1 is 1.30 bits per heavy atom. The first kappa shape index (κ1) is 12.4. The van der Waals surface area contributed by atoms with Crippen molar-refractivity contribution in [2.45, 2.75) is 31.8 Å². The molecule has 2 aromatic rings. The van der Waals surface area contributed by atoms with Crippen molar-refractivity contribution < 1.29 is 0 Å². The van der Waals surface area contributed by atoms with E-state index in [1.54, 1.807) is 0 Å². The molecule has 106 valence electrons. The van der Waals surface area contributed by atoms with E-state index in [-0.39, 0.29) is 0 Å². The number of imidazole rings is 1. The molecular formula is C16H22N4. The van der Waals surface area contributed by atoms with Crippen molar-refractivity contribution in [2.24, 2.45) is 5.92 Å². The molecule has 0 spiro atoms. The van der Waals surface area contributed by atoms with Crippen LogP contribution in [0.1, 0.15) is 25.0 Å². The van der Waals surface area contributed by atoms with Crippen molar-refractivity contribution in [3.63, 3.8) is 0 Å². The van der Waals surface area contributed by atoms with Gasteiger partial charge < -0.3 is 9.72 Å². The molecule has 4 nitrogen and oxygen atoms in total. The molecule has 2 aliphatic heterocycles. The number of nitrogens with one attached hydrogen (secondary N) is 1. The van der Waals surface area contributed by atoms with Gasteiger partial charge in [-0.3, -0.25) is 4.90 Å². The van der Waals surface area contributed by atoms with Crippen LogP contribution in [-0.2, 0) is 6.54 Å². The predicted octanol–water partition coefficient (Wildman–Crippen LogP) is 1.91. The van der Waals surface area contributed by atoms with Crippen molar-refractivity contribution in [1.29, 1.82) is 0 Å². The zero-order valence-electron chi connectivity index (χ0n) is 11.8. The Kier molecular flexibility index (Phi) is 3.20. The zero-order valence-corrected chi connectivity index (χ0v) is 11.8. The minimum Gasteiger partial charge on any atom is -0.314 e. The predicted molar refractivity (Wildman–Crippen MR) is 79.6 cm³/mol. The van der Waals surface area contributed by atoms with E-state index >= 15 is 0 Å². The molecular weight excluding hydrogens is 248 g/mol. The minimum atomic E-state index is 0.765. The van der Waals surface area contributed by atoms with Crippen LogP contribution in [0.15, 0.2) is 30.6 Å². The van der Waals surface area contributed by atoms with E-state index in [1.807, 2.05) is 6.07 Å². The lowest BCUT2D eigenvalue weighted by Gasteiger charge is -2.41. The van der Waals surface area contributed by atoms with E-state index in [9.17, 15) is 0 Å². The summed E-state index contributed by atoms with van der Waals surface area (Å²) >= 11 is 0. The highest BCUT2D eigenvalue weighted by Gasteiger charge is 2.30. The number of pyridine rings is 1. The second kappa shape index (κ2) is 5.19. The number of nitrogens with zero attached hydrogens (tertiary/aromatic N) is 3. The smallest absolute Gasteiger partial charge is 0.137 e. The largest absolute Gasteiger partial charge is 0.314 e. The Bertz CT molecular complexity index is 558. The molecule has 2 unspecified atom stereocenters. The van der Waals surface area contributed by atoms with Gasteiger partial charge in [0.25, 0.3) is 0 Å². The van der Waals surface area contributed by atoms with Gasteiger partial charge in [-0.25, -0.2) is 4.98 Å². The van der Waals surface area contributed by atoms with Crippen LogP contribution in [0.5, 0.6) is 0 Å². The molecule has 2 aromatic heterocycles. The number of likely N-dealkylation sites (tertiary alicyclic amines) is 1. The van der Waals surface area contributed by atoms with Crippen LogP contribution in [0.25, 0.3) is 5.65 Å². The summed E-state index contributed by atoms with van der Waals surface area (Å²) in [6, 6.07) is 6.94. The van der Waals surface area contributed by atoms with E-state index in [4.69, 9.17) is 4.98 Å². The third kappa shape index (κ3) is 2.34. The summed E-state index contributed by atoms with van der Waals surface area (Å²) < 4.78 is 2.12. The van der Waals surface area contributed by atoms with E-state index in [1.165, 1.54) is 44.6 Å².